The Kier molecular flexibility index (Phi) is 10.7. The van der Waals surface area contributed by atoms with Crippen LogP contribution in [0.25, 0.3) is 0 Å². The Labute approximate surface area is 199 Å². The molecule has 1 aromatic rings. The van der Waals surface area contributed by atoms with E-state index in [1.165, 1.54) is 63.5 Å². The van der Waals surface area contributed by atoms with E-state index in [0.717, 1.165) is 56.8 Å². The van der Waals surface area contributed by atoms with Crippen molar-refractivity contribution in [2.24, 2.45) is 23.7 Å². The molecule has 1 aromatic carbocycles. The van der Waals surface area contributed by atoms with Gasteiger partial charge >= 0.3 is 0 Å². The third-order valence-electron chi connectivity index (χ3n) is 8.23. The van der Waals surface area contributed by atoms with Crippen LogP contribution in [0.15, 0.2) is 12.1 Å². The molecule has 2 saturated carbocycles. The van der Waals surface area contributed by atoms with E-state index in [1.54, 1.807) is 0 Å². The van der Waals surface area contributed by atoms with Crippen LogP contribution in [0, 0.1) is 35.3 Å². The van der Waals surface area contributed by atoms with Crippen molar-refractivity contribution in [3.05, 3.63) is 29.3 Å². The number of benzene rings is 1. The summed E-state index contributed by atoms with van der Waals surface area (Å²) in [7, 11) is 0. The predicted molar refractivity (Wildman–Crippen MR) is 131 cm³/mol. The van der Waals surface area contributed by atoms with Crippen molar-refractivity contribution in [1.29, 1.82) is 0 Å². The molecule has 0 aliphatic heterocycles. The number of halogens is 2. The zero-order chi connectivity index (χ0) is 23.6. The Morgan fingerprint density at radius 1 is 0.818 bits per heavy atom. The molecule has 4 heteroatoms. The summed E-state index contributed by atoms with van der Waals surface area (Å²) in [6.45, 7) is 4.71. The van der Waals surface area contributed by atoms with Crippen LogP contribution < -0.4 is 4.74 Å². The zero-order valence-corrected chi connectivity index (χ0v) is 20.9. The highest BCUT2D eigenvalue weighted by Gasteiger charge is 2.34. The molecule has 0 aromatic heterocycles. The van der Waals surface area contributed by atoms with Gasteiger partial charge in [0, 0.05) is 5.92 Å². The smallest absolute Gasteiger partial charge is 0.201 e. The Morgan fingerprint density at radius 2 is 1.42 bits per heavy atom. The van der Waals surface area contributed by atoms with E-state index < -0.39 is 11.6 Å². The van der Waals surface area contributed by atoms with Crippen molar-refractivity contribution in [3.8, 4) is 5.75 Å². The maximum absolute atomic E-state index is 14.7. The lowest BCUT2D eigenvalue weighted by Gasteiger charge is -2.37. The fourth-order valence-electron chi connectivity index (χ4n) is 6.07. The summed E-state index contributed by atoms with van der Waals surface area (Å²) in [5.74, 6) is -0.165. The highest BCUT2D eigenvalue weighted by Crippen LogP contribution is 2.43. The number of ether oxygens (including phenoxy) is 1. The van der Waals surface area contributed by atoms with Gasteiger partial charge in [-0.05, 0) is 74.8 Å². The summed E-state index contributed by atoms with van der Waals surface area (Å²) >= 11 is 0. The average molecular weight is 463 g/mol. The molecule has 0 atom stereocenters. The average Bonchev–Trinajstić information content (AvgIpc) is 2.85. The van der Waals surface area contributed by atoms with E-state index in [1.807, 2.05) is 0 Å². The van der Waals surface area contributed by atoms with Crippen molar-refractivity contribution >= 4 is 5.78 Å². The molecule has 0 unspecified atom stereocenters. The summed E-state index contributed by atoms with van der Waals surface area (Å²) in [6, 6.07) is 2.84. The fraction of sp³-hybridized carbons (Fsp3) is 0.759. The van der Waals surface area contributed by atoms with Gasteiger partial charge in [-0.15, -0.1) is 0 Å². The third-order valence-corrected chi connectivity index (χ3v) is 8.23. The summed E-state index contributed by atoms with van der Waals surface area (Å²) in [6.07, 6.45) is 17.4. The van der Waals surface area contributed by atoms with E-state index in [0.29, 0.717) is 12.5 Å². The van der Waals surface area contributed by atoms with E-state index in [2.05, 4.69) is 13.8 Å². The molecule has 0 amide bonds. The molecule has 0 spiro atoms. The quantitative estimate of drug-likeness (QED) is 0.229. The van der Waals surface area contributed by atoms with Crippen molar-refractivity contribution in [3.63, 3.8) is 0 Å². The van der Waals surface area contributed by atoms with Gasteiger partial charge in [-0.2, -0.15) is 4.39 Å². The van der Waals surface area contributed by atoms with E-state index in [9.17, 15) is 13.6 Å². The van der Waals surface area contributed by atoms with E-state index >= 15 is 0 Å². The first kappa shape index (κ1) is 26.2. The number of hydrogen-bond acceptors (Lipinski definition) is 2. The minimum atomic E-state index is -1.04. The normalized spacial score (nSPS) is 25.7. The van der Waals surface area contributed by atoms with Gasteiger partial charge in [-0.1, -0.05) is 65.2 Å². The molecule has 186 valence electrons. The highest BCUT2D eigenvalue weighted by molar-refractivity contribution is 5.98. The molecule has 2 aliphatic rings. The Morgan fingerprint density at radius 3 is 2.06 bits per heavy atom. The van der Waals surface area contributed by atoms with Crippen LogP contribution in [-0.2, 0) is 0 Å². The van der Waals surface area contributed by atoms with E-state index in [4.69, 9.17) is 4.74 Å². The standard InChI is InChI=1S/C29H44F2O2/c1-3-5-7-9-21-10-12-22(13-11-21)23-14-16-24(17-15-23)29(32)25-18-19-26(28(31)27(25)30)33-20-8-6-4-2/h18-19,21-24H,3-17,20H2,1-2H3. The molecule has 0 bridgehead atoms. The van der Waals surface area contributed by atoms with E-state index in [-0.39, 0.29) is 23.0 Å². The maximum atomic E-state index is 14.7. The number of carbonyl (C=O) groups excluding carboxylic acids is 1. The number of ketones is 1. The van der Waals surface area contributed by atoms with Gasteiger partial charge in [0.15, 0.2) is 17.3 Å². The van der Waals surface area contributed by atoms with Crippen LogP contribution in [0.1, 0.15) is 121 Å². The largest absolute Gasteiger partial charge is 0.490 e. The van der Waals surface area contributed by atoms with Crippen molar-refractivity contribution in [2.75, 3.05) is 6.61 Å². The van der Waals surface area contributed by atoms with Crippen LogP contribution >= 0.6 is 0 Å². The molecular formula is C29H44F2O2. The van der Waals surface area contributed by atoms with Crippen molar-refractivity contribution in [2.45, 2.75) is 110 Å². The van der Waals surface area contributed by atoms with Crippen LogP contribution in [0.5, 0.6) is 5.75 Å². The SMILES string of the molecule is CCCCCOc1ccc(C(=O)C2CCC(C3CCC(CCCCC)CC3)CC2)c(F)c1F. The topological polar surface area (TPSA) is 26.3 Å². The van der Waals surface area contributed by atoms with Crippen LogP contribution in [0.3, 0.4) is 0 Å². The molecular weight excluding hydrogens is 418 g/mol. The first-order chi connectivity index (χ1) is 16.0. The molecule has 2 aliphatic carbocycles. The van der Waals surface area contributed by atoms with Gasteiger partial charge in [0.1, 0.15) is 0 Å². The molecule has 33 heavy (non-hydrogen) atoms. The summed E-state index contributed by atoms with van der Waals surface area (Å²) in [4.78, 5) is 13.0. The molecule has 0 saturated heterocycles. The van der Waals surface area contributed by atoms with Gasteiger partial charge in [-0.3, -0.25) is 4.79 Å². The van der Waals surface area contributed by atoms with Crippen molar-refractivity contribution in [1.82, 2.24) is 0 Å². The molecule has 0 heterocycles. The molecule has 3 rings (SSSR count). The first-order valence-corrected chi connectivity index (χ1v) is 13.7. The second-order valence-electron chi connectivity index (χ2n) is 10.5. The summed E-state index contributed by atoms with van der Waals surface area (Å²) in [5.41, 5.74) is -0.107. The third kappa shape index (κ3) is 7.26. The molecule has 0 N–H and O–H groups in total. The highest BCUT2D eigenvalue weighted by atomic mass is 19.2. The first-order valence-electron chi connectivity index (χ1n) is 13.7. The summed E-state index contributed by atoms with van der Waals surface area (Å²) < 4.78 is 34.6. The number of rotatable bonds is 12. The fourth-order valence-corrected chi connectivity index (χ4v) is 6.07. The second kappa shape index (κ2) is 13.4. The Balaban J connectivity index is 1.47. The van der Waals surface area contributed by atoms with Gasteiger partial charge in [0.2, 0.25) is 5.82 Å². The van der Waals surface area contributed by atoms with Gasteiger partial charge in [-0.25, -0.2) is 4.39 Å². The lowest BCUT2D eigenvalue weighted by Crippen LogP contribution is -2.28. The second-order valence-corrected chi connectivity index (χ2v) is 10.5. The van der Waals surface area contributed by atoms with Gasteiger partial charge < -0.3 is 4.74 Å². The monoisotopic (exact) mass is 462 g/mol. The lowest BCUT2D eigenvalue weighted by atomic mass is 9.68. The van der Waals surface area contributed by atoms with Crippen molar-refractivity contribution < 1.29 is 18.3 Å². The van der Waals surface area contributed by atoms with Crippen LogP contribution in [0.2, 0.25) is 0 Å². The Hall–Kier alpha value is -1.45. The Bertz CT molecular complexity index is 731. The number of Topliss-reactive ketones (excluding diaryl/α,β-unsaturated/α-hetero) is 1. The molecule has 0 radical (unpaired) electrons. The number of carbonyl (C=O) groups is 1. The lowest BCUT2D eigenvalue weighted by molar-refractivity contribution is 0.0823. The number of unbranched alkanes of at least 4 members (excludes halogenated alkanes) is 4. The predicted octanol–water partition coefficient (Wildman–Crippen LogP) is 8.91. The minimum absolute atomic E-state index is 0.0887. The number of hydrogen-bond donors (Lipinski definition) is 0. The zero-order valence-electron chi connectivity index (χ0n) is 20.9. The minimum Gasteiger partial charge on any atom is -0.490 e. The van der Waals surface area contributed by atoms with Gasteiger partial charge in [0.05, 0.1) is 12.2 Å². The van der Waals surface area contributed by atoms with Gasteiger partial charge in [0.25, 0.3) is 0 Å². The molecule has 2 fully saturated rings. The van der Waals surface area contributed by atoms with Crippen LogP contribution in [-0.4, -0.2) is 12.4 Å². The van der Waals surface area contributed by atoms with Crippen LogP contribution in [0.4, 0.5) is 8.78 Å². The summed E-state index contributed by atoms with van der Waals surface area (Å²) in [5, 5.41) is 0. The molecule has 2 nitrogen and oxygen atoms in total. The maximum Gasteiger partial charge on any atom is 0.201 e.